The van der Waals surface area contributed by atoms with Gasteiger partial charge in [-0.25, -0.2) is 0 Å². The van der Waals surface area contributed by atoms with Gasteiger partial charge >= 0.3 is 5.97 Å². The van der Waals surface area contributed by atoms with E-state index in [2.05, 4.69) is 4.57 Å². The Morgan fingerprint density at radius 3 is 2.44 bits per heavy atom. The van der Waals surface area contributed by atoms with E-state index in [1.165, 1.54) is 25.7 Å². The molecule has 0 bridgehead atoms. The Bertz CT molecular complexity index is 859. The number of methoxy groups -OCH3 is 2. The molecule has 3 rings (SSSR count). The van der Waals surface area contributed by atoms with Crippen molar-refractivity contribution in [2.75, 3.05) is 14.2 Å². The zero-order chi connectivity index (χ0) is 23.1. The average molecular weight is 444 g/mol. The first kappa shape index (κ1) is 24.2. The van der Waals surface area contributed by atoms with Gasteiger partial charge in [-0.3, -0.25) is 4.79 Å². The first-order valence-corrected chi connectivity index (χ1v) is 11.7. The van der Waals surface area contributed by atoms with Crippen LogP contribution in [-0.4, -0.2) is 35.0 Å². The van der Waals surface area contributed by atoms with E-state index >= 15 is 0 Å². The summed E-state index contributed by atoms with van der Waals surface area (Å²) >= 11 is 0. The van der Waals surface area contributed by atoms with Crippen LogP contribution in [-0.2, 0) is 17.8 Å². The molecular weight excluding hydrogens is 406 g/mol. The van der Waals surface area contributed by atoms with Gasteiger partial charge in [0.2, 0.25) is 0 Å². The third kappa shape index (κ3) is 6.28. The second-order valence-electron chi connectivity index (χ2n) is 9.09. The van der Waals surface area contributed by atoms with Crippen LogP contribution < -0.4 is 9.47 Å². The van der Waals surface area contributed by atoms with Crippen molar-refractivity contribution in [3.63, 3.8) is 0 Å². The van der Waals surface area contributed by atoms with E-state index < -0.39 is 12.1 Å². The third-order valence-electron chi connectivity index (χ3n) is 6.87. The van der Waals surface area contributed by atoms with Crippen molar-refractivity contribution >= 4 is 5.97 Å². The number of aryl methyl sites for hydroxylation is 1. The number of hydrogen-bond acceptors (Lipinski definition) is 4. The van der Waals surface area contributed by atoms with Crippen molar-refractivity contribution < 1.29 is 24.5 Å². The topological polar surface area (TPSA) is 80.9 Å². The SMILES string of the molecule is COc1cc(C(O)[C@H](CCC2CCCC2)Cn2ccc(CCC(=O)O)c2)cc(OC)c1C. The summed E-state index contributed by atoms with van der Waals surface area (Å²) in [7, 11) is 3.27. The first-order valence-electron chi connectivity index (χ1n) is 11.7. The predicted molar refractivity (Wildman–Crippen MR) is 124 cm³/mol. The molecule has 2 N–H and O–H groups in total. The molecule has 1 aromatic carbocycles. The molecule has 0 amide bonds. The summed E-state index contributed by atoms with van der Waals surface area (Å²) in [6.07, 6.45) is 11.3. The molecule has 1 aromatic heterocycles. The van der Waals surface area contributed by atoms with Crippen LogP contribution in [0.2, 0.25) is 0 Å². The molecule has 1 heterocycles. The highest BCUT2D eigenvalue weighted by molar-refractivity contribution is 5.67. The smallest absolute Gasteiger partial charge is 0.303 e. The van der Waals surface area contributed by atoms with E-state index in [9.17, 15) is 9.90 Å². The molecule has 1 saturated carbocycles. The Morgan fingerprint density at radius 2 is 1.84 bits per heavy atom. The number of rotatable bonds is 12. The zero-order valence-corrected chi connectivity index (χ0v) is 19.5. The van der Waals surface area contributed by atoms with Gasteiger partial charge in [0, 0.05) is 36.8 Å². The number of aliphatic hydroxyl groups excluding tert-OH is 1. The summed E-state index contributed by atoms with van der Waals surface area (Å²) < 4.78 is 13.1. The number of aromatic nitrogens is 1. The Labute approximate surface area is 191 Å². The summed E-state index contributed by atoms with van der Waals surface area (Å²) in [5, 5.41) is 20.4. The molecule has 0 saturated heterocycles. The predicted octanol–water partition coefficient (Wildman–Crippen LogP) is 5.15. The molecule has 6 nitrogen and oxygen atoms in total. The van der Waals surface area contributed by atoms with Crippen molar-refractivity contribution in [2.45, 2.75) is 70.9 Å². The van der Waals surface area contributed by atoms with Crippen molar-refractivity contribution in [3.8, 4) is 11.5 Å². The van der Waals surface area contributed by atoms with Gasteiger partial charge in [-0.2, -0.15) is 0 Å². The molecule has 0 spiro atoms. The minimum Gasteiger partial charge on any atom is -0.496 e. The van der Waals surface area contributed by atoms with Crippen LogP contribution in [0.1, 0.15) is 67.7 Å². The van der Waals surface area contributed by atoms with E-state index in [-0.39, 0.29) is 12.3 Å². The molecule has 0 radical (unpaired) electrons. The number of nitrogens with zero attached hydrogens (tertiary/aromatic N) is 1. The van der Waals surface area contributed by atoms with Gasteiger partial charge in [-0.15, -0.1) is 0 Å². The fourth-order valence-electron chi connectivity index (χ4n) is 4.92. The third-order valence-corrected chi connectivity index (χ3v) is 6.87. The normalized spacial score (nSPS) is 16.1. The lowest BCUT2D eigenvalue weighted by Crippen LogP contribution is -2.20. The molecular formula is C26H37NO5. The van der Waals surface area contributed by atoms with Crippen LogP contribution in [0.15, 0.2) is 30.6 Å². The standard InChI is InChI=1S/C26H37NO5/c1-18-23(31-2)14-22(15-24(18)32-3)26(30)21(10-8-19-6-4-5-7-19)17-27-13-12-20(16-27)9-11-25(28)29/h12-16,19,21,26,30H,4-11,17H2,1-3H3,(H,28,29)/t21-,26?/m1/s1. The fraction of sp³-hybridized carbons (Fsp3) is 0.577. The average Bonchev–Trinajstić information content (AvgIpc) is 3.47. The van der Waals surface area contributed by atoms with E-state index in [1.54, 1.807) is 14.2 Å². The van der Waals surface area contributed by atoms with Gasteiger partial charge in [0.1, 0.15) is 11.5 Å². The minimum atomic E-state index is -0.787. The molecule has 2 atom stereocenters. The number of hydrogen-bond donors (Lipinski definition) is 2. The lowest BCUT2D eigenvalue weighted by atomic mass is 9.87. The molecule has 32 heavy (non-hydrogen) atoms. The maximum atomic E-state index is 11.4. The second-order valence-corrected chi connectivity index (χ2v) is 9.09. The summed E-state index contributed by atoms with van der Waals surface area (Å²) in [4.78, 5) is 10.9. The summed E-state index contributed by atoms with van der Waals surface area (Å²) in [6, 6.07) is 5.80. The summed E-state index contributed by atoms with van der Waals surface area (Å²) in [5.74, 6) is 1.43. The zero-order valence-electron chi connectivity index (χ0n) is 19.5. The highest BCUT2D eigenvalue weighted by Gasteiger charge is 2.26. The molecule has 0 aliphatic heterocycles. The van der Waals surface area contributed by atoms with Crippen LogP contribution in [0.25, 0.3) is 0 Å². The lowest BCUT2D eigenvalue weighted by Gasteiger charge is -2.26. The van der Waals surface area contributed by atoms with Gasteiger partial charge in [0.05, 0.1) is 20.3 Å². The van der Waals surface area contributed by atoms with Crippen LogP contribution in [0, 0.1) is 18.8 Å². The molecule has 1 aliphatic carbocycles. The lowest BCUT2D eigenvalue weighted by molar-refractivity contribution is -0.136. The molecule has 1 unspecified atom stereocenters. The highest BCUT2D eigenvalue weighted by Crippen LogP contribution is 2.38. The Morgan fingerprint density at radius 1 is 1.19 bits per heavy atom. The number of benzene rings is 1. The van der Waals surface area contributed by atoms with E-state index in [1.807, 2.05) is 37.5 Å². The van der Waals surface area contributed by atoms with Crippen LogP contribution in [0.5, 0.6) is 11.5 Å². The number of aliphatic hydroxyl groups is 1. The number of carboxylic acids is 1. The summed E-state index contributed by atoms with van der Waals surface area (Å²) in [6.45, 7) is 2.63. The Kier molecular flexibility index (Phi) is 8.62. The highest BCUT2D eigenvalue weighted by atomic mass is 16.5. The molecule has 1 fully saturated rings. The monoisotopic (exact) mass is 443 g/mol. The summed E-state index contributed by atoms with van der Waals surface area (Å²) in [5.41, 5.74) is 2.73. The van der Waals surface area contributed by atoms with E-state index in [0.29, 0.717) is 24.5 Å². The minimum absolute atomic E-state index is 0.0347. The Hall–Kier alpha value is -2.47. The first-order chi connectivity index (χ1) is 15.4. The maximum Gasteiger partial charge on any atom is 0.303 e. The van der Waals surface area contributed by atoms with Crippen molar-refractivity contribution in [1.82, 2.24) is 4.57 Å². The van der Waals surface area contributed by atoms with Crippen LogP contribution >= 0.6 is 0 Å². The van der Waals surface area contributed by atoms with Gasteiger partial charge in [0.15, 0.2) is 0 Å². The largest absolute Gasteiger partial charge is 0.496 e. The fourth-order valence-corrected chi connectivity index (χ4v) is 4.92. The van der Waals surface area contributed by atoms with Gasteiger partial charge in [-0.1, -0.05) is 32.1 Å². The molecule has 2 aromatic rings. The second kappa shape index (κ2) is 11.4. The van der Waals surface area contributed by atoms with Gasteiger partial charge in [-0.05, 0) is 55.0 Å². The van der Waals surface area contributed by atoms with E-state index in [4.69, 9.17) is 14.6 Å². The molecule has 6 heteroatoms. The quantitative estimate of drug-likeness (QED) is 0.474. The van der Waals surface area contributed by atoms with Crippen molar-refractivity contribution in [1.29, 1.82) is 0 Å². The van der Waals surface area contributed by atoms with Gasteiger partial charge in [0.25, 0.3) is 0 Å². The van der Waals surface area contributed by atoms with Crippen molar-refractivity contribution in [3.05, 3.63) is 47.3 Å². The maximum absolute atomic E-state index is 11.4. The Balaban J connectivity index is 1.79. The van der Waals surface area contributed by atoms with Crippen molar-refractivity contribution in [2.24, 2.45) is 11.8 Å². The molecule has 176 valence electrons. The van der Waals surface area contributed by atoms with Crippen LogP contribution in [0.3, 0.4) is 0 Å². The van der Waals surface area contributed by atoms with Crippen LogP contribution in [0.4, 0.5) is 0 Å². The molecule has 1 aliphatic rings. The van der Waals surface area contributed by atoms with Gasteiger partial charge < -0.3 is 24.3 Å². The number of carbonyl (C=O) groups is 1. The van der Waals surface area contributed by atoms with E-state index in [0.717, 1.165) is 35.4 Å². The number of carboxylic acid groups (broad SMARTS) is 1. The number of ether oxygens (including phenoxy) is 2. The number of aliphatic carboxylic acids is 1.